The molecule has 0 aliphatic heterocycles. The van der Waals surface area contributed by atoms with Crippen molar-refractivity contribution < 1.29 is 13.6 Å². The highest BCUT2D eigenvalue weighted by Gasteiger charge is 2.33. The Labute approximate surface area is 104 Å². The van der Waals surface area contributed by atoms with Crippen LogP contribution in [-0.2, 0) is 13.6 Å². The predicted octanol–water partition coefficient (Wildman–Crippen LogP) is 2.96. The summed E-state index contributed by atoms with van der Waals surface area (Å²) in [6.45, 7) is 7.00. The van der Waals surface area contributed by atoms with E-state index in [1.165, 1.54) is 6.20 Å². The fraction of sp³-hybridized carbons (Fsp3) is 0.727. The van der Waals surface area contributed by atoms with Crippen LogP contribution in [0.1, 0.15) is 27.7 Å². The van der Waals surface area contributed by atoms with Gasteiger partial charge in [-0.3, -0.25) is 4.57 Å². The highest BCUT2D eigenvalue weighted by molar-refractivity contribution is 7.58. The standard InChI is InChI=1S/C11H21N2O3P/c1-9(2)15-17(14,16-10(3)4)11(7-12)8-13(5)6/h8-10H,1-6H3/b11-8+. The molecule has 0 aromatic carbocycles. The van der Waals surface area contributed by atoms with Crippen LogP contribution in [-0.4, -0.2) is 31.2 Å². The third-order valence-corrected chi connectivity index (χ3v) is 3.69. The Balaban J connectivity index is 5.30. The van der Waals surface area contributed by atoms with E-state index in [-0.39, 0.29) is 17.5 Å². The molecule has 5 nitrogen and oxygen atoms in total. The summed E-state index contributed by atoms with van der Waals surface area (Å²) in [5.41, 5.74) is 0. The first-order valence-corrected chi connectivity index (χ1v) is 7.01. The summed E-state index contributed by atoms with van der Waals surface area (Å²) in [7, 11) is -0.0523. The van der Waals surface area contributed by atoms with Crippen LogP contribution in [0.25, 0.3) is 0 Å². The van der Waals surface area contributed by atoms with Crippen molar-refractivity contribution in [1.82, 2.24) is 4.90 Å². The molecule has 0 unspecified atom stereocenters. The van der Waals surface area contributed by atoms with E-state index in [2.05, 4.69) is 0 Å². The molecule has 0 rings (SSSR count). The molecule has 0 amide bonds. The molecule has 0 radical (unpaired) electrons. The summed E-state index contributed by atoms with van der Waals surface area (Å²) in [5, 5.41) is 9.08. The van der Waals surface area contributed by atoms with Crippen molar-refractivity contribution in [3.05, 3.63) is 11.5 Å². The van der Waals surface area contributed by atoms with Crippen molar-refractivity contribution in [1.29, 1.82) is 5.26 Å². The third-order valence-electron chi connectivity index (χ3n) is 1.49. The molecule has 0 aliphatic rings. The van der Waals surface area contributed by atoms with Gasteiger partial charge in [-0.25, -0.2) is 0 Å². The quantitative estimate of drug-likeness (QED) is 0.542. The van der Waals surface area contributed by atoms with Crippen molar-refractivity contribution >= 4 is 7.60 Å². The van der Waals surface area contributed by atoms with E-state index in [4.69, 9.17) is 14.3 Å². The Hall–Kier alpha value is -0.820. The lowest BCUT2D eigenvalue weighted by Crippen LogP contribution is -2.11. The second-order valence-electron chi connectivity index (χ2n) is 4.40. The molecule has 0 aromatic rings. The van der Waals surface area contributed by atoms with Crippen molar-refractivity contribution in [2.45, 2.75) is 39.9 Å². The molecule has 0 saturated carbocycles. The van der Waals surface area contributed by atoms with Crippen LogP contribution in [0.2, 0.25) is 0 Å². The molecule has 98 valence electrons. The first kappa shape index (κ1) is 16.2. The lowest BCUT2D eigenvalue weighted by molar-refractivity contribution is 0.148. The molecule has 0 N–H and O–H groups in total. The van der Waals surface area contributed by atoms with Gasteiger partial charge in [-0.15, -0.1) is 0 Å². The van der Waals surface area contributed by atoms with Gasteiger partial charge in [0.1, 0.15) is 6.07 Å². The third kappa shape index (κ3) is 5.88. The first-order valence-electron chi connectivity index (χ1n) is 5.47. The second-order valence-corrected chi connectivity index (χ2v) is 6.29. The molecule has 6 heteroatoms. The van der Waals surface area contributed by atoms with Crippen LogP contribution < -0.4 is 0 Å². The number of rotatable bonds is 6. The van der Waals surface area contributed by atoms with Gasteiger partial charge < -0.3 is 13.9 Å². The van der Waals surface area contributed by atoms with Gasteiger partial charge in [-0.1, -0.05) is 0 Å². The Morgan fingerprint density at radius 3 is 1.88 bits per heavy atom. The largest absolute Gasteiger partial charge is 0.382 e. The van der Waals surface area contributed by atoms with Gasteiger partial charge in [-0.2, -0.15) is 5.26 Å². The number of hydrogen-bond acceptors (Lipinski definition) is 5. The molecular formula is C11H21N2O3P. The molecular weight excluding hydrogens is 239 g/mol. The van der Waals surface area contributed by atoms with Crippen LogP contribution in [0.5, 0.6) is 0 Å². The second kappa shape index (κ2) is 6.80. The summed E-state index contributed by atoms with van der Waals surface area (Å²) in [6, 6.07) is 1.89. The van der Waals surface area contributed by atoms with Crippen LogP contribution in [0.4, 0.5) is 0 Å². The smallest absolute Gasteiger partial charge is 0.373 e. The van der Waals surface area contributed by atoms with Gasteiger partial charge in [0.25, 0.3) is 0 Å². The van der Waals surface area contributed by atoms with Crippen molar-refractivity contribution in [3.8, 4) is 6.07 Å². The SMILES string of the molecule is CC(C)OP(=O)(OC(C)C)/C(C#N)=C/N(C)C. The average Bonchev–Trinajstić information content (AvgIpc) is 2.10. The van der Waals surface area contributed by atoms with Crippen LogP contribution in [0, 0.1) is 11.3 Å². The van der Waals surface area contributed by atoms with Crippen molar-refractivity contribution in [3.63, 3.8) is 0 Å². The summed E-state index contributed by atoms with van der Waals surface area (Å²) in [4.78, 5) is 1.64. The number of allylic oxidation sites excluding steroid dienone is 1. The molecule has 0 heterocycles. The summed E-state index contributed by atoms with van der Waals surface area (Å²) in [6.07, 6.45) is 0.905. The number of nitrogens with zero attached hydrogens (tertiary/aromatic N) is 2. The molecule has 0 bridgehead atoms. The molecule has 0 saturated heterocycles. The van der Waals surface area contributed by atoms with Gasteiger partial charge >= 0.3 is 7.60 Å². The Morgan fingerprint density at radius 1 is 1.24 bits per heavy atom. The Morgan fingerprint density at radius 2 is 1.65 bits per heavy atom. The van der Waals surface area contributed by atoms with Crippen LogP contribution in [0.3, 0.4) is 0 Å². The molecule has 0 aliphatic carbocycles. The summed E-state index contributed by atoms with van der Waals surface area (Å²) >= 11 is 0. The Kier molecular flexibility index (Phi) is 6.48. The van der Waals surface area contributed by atoms with E-state index >= 15 is 0 Å². The zero-order chi connectivity index (χ0) is 13.6. The first-order chi connectivity index (χ1) is 7.71. The lowest BCUT2D eigenvalue weighted by Gasteiger charge is -2.22. The normalized spacial score (nSPS) is 13.0. The minimum Gasteiger partial charge on any atom is -0.382 e. The van der Waals surface area contributed by atoms with E-state index in [1.807, 2.05) is 6.07 Å². The summed E-state index contributed by atoms with van der Waals surface area (Å²) in [5.74, 6) is 0. The fourth-order valence-electron chi connectivity index (χ4n) is 1.10. The molecule has 0 atom stereocenters. The minimum absolute atomic E-state index is 0.0184. The van der Waals surface area contributed by atoms with E-state index in [9.17, 15) is 4.57 Å². The van der Waals surface area contributed by atoms with Crippen LogP contribution >= 0.6 is 7.60 Å². The van der Waals surface area contributed by atoms with E-state index in [0.717, 1.165) is 0 Å². The molecule has 17 heavy (non-hydrogen) atoms. The number of nitriles is 1. The van der Waals surface area contributed by atoms with Gasteiger partial charge in [0.05, 0.1) is 12.2 Å². The number of hydrogen-bond donors (Lipinski definition) is 0. The maximum absolute atomic E-state index is 12.5. The monoisotopic (exact) mass is 260 g/mol. The topological polar surface area (TPSA) is 62.6 Å². The fourth-order valence-corrected chi connectivity index (χ4v) is 2.98. The summed E-state index contributed by atoms with van der Waals surface area (Å²) < 4.78 is 23.2. The predicted molar refractivity (Wildman–Crippen MR) is 67.4 cm³/mol. The van der Waals surface area contributed by atoms with Crippen molar-refractivity contribution in [2.24, 2.45) is 0 Å². The van der Waals surface area contributed by atoms with E-state index in [0.29, 0.717) is 0 Å². The van der Waals surface area contributed by atoms with Gasteiger partial charge in [0, 0.05) is 20.3 Å². The highest BCUT2D eigenvalue weighted by atomic mass is 31.2. The molecule has 0 fully saturated rings. The average molecular weight is 260 g/mol. The van der Waals surface area contributed by atoms with E-state index in [1.54, 1.807) is 46.7 Å². The molecule has 0 spiro atoms. The van der Waals surface area contributed by atoms with Crippen LogP contribution in [0.15, 0.2) is 11.5 Å². The lowest BCUT2D eigenvalue weighted by atomic mass is 10.5. The van der Waals surface area contributed by atoms with Crippen molar-refractivity contribution in [2.75, 3.05) is 14.1 Å². The zero-order valence-corrected chi connectivity index (χ0v) is 12.2. The highest BCUT2D eigenvalue weighted by Crippen LogP contribution is 2.57. The maximum Gasteiger partial charge on any atom is 0.373 e. The van der Waals surface area contributed by atoms with E-state index < -0.39 is 7.60 Å². The Bertz CT molecular complexity index is 342. The minimum atomic E-state index is -3.54. The zero-order valence-electron chi connectivity index (χ0n) is 11.3. The van der Waals surface area contributed by atoms with Gasteiger partial charge in [0.2, 0.25) is 0 Å². The maximum atomic E-state index is 12.5. The molecule has 0 aromatic heterocycles. The van der Waals surface area contributed by atoms with Gasteiger partial charge in [0.15, 0.2) is 5.31 Å². The van der Waals surface area contributed by atoms with Gasteiger partial charge in [-0.05, 0) is 27.7 Å².